The second-order valence-electron chi connectivity index (χ2n) is 7.50. The summed E-state index contributed by atoms with van der Waals surface area (Å²) in [4.78, 5) is 15.0. The maximum atomic E-state index is 12.6. The van der Waals surface area contributed by atoms with Crippen molar-refractivity contribution in [2.24, 2.45) is 17.8 Å². The number of carbonyl (C=O) groups excluding carboxylic acids is 1. The van der Waals surface area contributed by atoms with Gasteiger partial charge in [-0.25, -0.2) is 8.42 Å². The molecule has 0 bridgehead atoms. The zero-order valence-electron chi connectivity index (χ0n) is 15.0. The molecule has 0 spiro atoms. The fourth-order valence-electron chi connectivity index (χ4n) is 4.04. The normalized spacial score (nSPS) is 30.0. The van der Waals surface area contributed by atoms with Crippen LogP contribution in [0.4, 0.5) is 0 Å². The molecule has 0 unspecified atom stereocenters. The SMILES string of the molecule is CCOCCN1C[C@H](NC(=O)C2CCS(=O)(=O)CC2)[C@@H](C2CC2)C1.Cl. The van der Waals surface area contributed by atoms with Gasteiger partial charge in [0.25, 0.3) is 0 Å². The largest absolute Gasteiger partial charge is 0.380 e. The fourth-order valence-corrected chi connectivity index (χ4v) is 5.53. The lowest BCUT2D eigenvalue weighted by Gasteiger charge is -2.25. The van der Waals surface area contributed by atoms with Gasteiger partial charge in [-0.05, 0) is 44.4 Å². The van der Waals surface area contributed by atoms with Crippen LogP contribution in [0.5, 0.6) is 0 Å². The van der Waals surface area contributed by atoms with Crippen molar-refractivity contribution >= 4 is 28.2 Å². The van der Waals surface area contributed by atoms with Crippen LogP contribution in [-0.4, -0.2) is 69.6 Å². The minimum absolute atomic E-state index is 0. The van der Waals surface area contributed by atoms with E-state index in [4.69, 9.17) is 4.74 Å². The number of amides is 1. The van der Waals surface area contributed by atoms with Crippen LogP contribution in [0.1, 0.15) is 32.6 Å². The zero-order chi connectivity index (χ0) is 17.2. The average Bonchev–Trinajstić information content (AvgIpc) is 3.30. The Labute approximate surface area is 157 Å². The molecule has 3 aliphatic rings. The van der Waals surface area contributed by atoms with E-state index in [-0.39, 0.29) is 41.8 Å². The monoisotopic (exact) mass is 394 g/mol. The van der Waals surface area contributed by atoms with Crippen LogP contribution in [0.15, 0.2) is 0 Å². The zero-order valence-corrected chi connectivity index (χ0v) is 16.6. The molecule has 0 radical (unpaired) electrons. The van der Waals surface area contributed by atoms with E-state index in [9.17, 15) is 13.2 Å². The Morgan fingerprint density at radius 1 is 1.16 bits per heavy atom. The molecule has 1 saturated carbocycles. The van der Waals surface area contributed by atoms with Gasteiger partial charge < -0.3 is 10.1 Å². The van der Waals surface area contributed by atoms with Crippen molar-refractivity contribution in [3.8, 4) is 0 Å². The number of rotatable bonds is 7. The highest BCUT2D eigenvalue weighted by Gasteiger charge is 2.43. The minimum atomic E-state index is -2.91. The van der Waals surface area contributed by atoms with Crippen LogP contribution >= 0.6 is 12.4 Å². The quantitative estimate of drug-likeness (QED) is 0.654. The predicted octanol–water partition coefficient (Wildman–Crippen LogP) is 1.10. The molecule has 3 fully saturated rings. The van der Waals surface area contributed by atoms with Crippen LogP contribution in [-0.2, 0) is 19.4 Å². The first kappa shape index (κ1) is 20.9. The lowest BCUT2D eigenvalue weighted by molar-refractivity contribution is -0.126. The standard InChI is InChI=1S/C17H30N2O4S.ClH/c1-2-23-8-7-19-11-15(13-3-4-13)16(12-19)18-17(20)14-5-9-24(21,22)10-6-14;/h13-16H,2-12H2,1H3,(H,18,20);1H/t15-,16+;/m1./s1. The van der Waals surface area contributed by atoms with Gasteiger partial charge in [0.2, 0.25) is 5.91 Å². The molecule has 8 heteroatoms. The Bertz CT molecular complexity index is 539. The molecular formula is C17H31ClN2O4S. The Morgan fingerprint density at radius 2 is 1.84 bits per heavy atom. The number of nitrogens with zero attached hydrogens (tertiary/aromatic N) is 1. The Morgan fingerprint density at radius 3 is 2.44 bits per heavy atom. The second kappa shape index (κ2) is 9.02. The molecule has 0 aromatic heterocycles. The van der Waals surface area contributed by atoms with Gasteiger partial charge in [0.15, 0.2) is 0 Å². The minimum Gasteiger partial charge on any atom is -0.380 e. The van der Waals surface area contributed by atoms with E-state index in [0.29, 0.717) is 18.8 Å². The van der Waals surface area contributed by atoms with E-state index >= 15 is 0 Å². The van der Waals surface area contributed by atoms with Crippen molar-refractivity contribution in [2.45, 2.75) is 38.6 Å². The predicted molar refractivity (Wildman–Crippen MR) is 99.7 cm³/mol. The fraction of sp³-hybridized carbons (Fsp3) is 0.941. The van der Waals surface area contributed by atoms with Gasteiger partial charge in [-0.2, -0.15) is 0 Å². The number of hydrogen-bond donors (Lipinski definition) is 1. The molecular weight excluding hydrogens is 364 g/mol. The van der Waals surface area contributed by atoms with Gasteiger partial charge in [0, 0.05) is 38.2 Å². The molecule has 2 heterocycles. The smallest absolute Gasteiger partial charge is 0.223 e. The van der Waals surface area contributed by atoms with E-state index in [1.165, 1.54) is 12.8 Å². The maximum absolute atomic E-state index is 12.6. The summed E-state index contributed by atoms with van der Waals surface area (Å²) >= 11 is 0. The summed E-state index contributed by atoms with van der Waals surface area (Å²) in [5.41, 5.74) is 0. The summed E-state index contributed by atoms with van der Waals surface area (Å²) in [6, 6.07) is 0.213. The highest BCUT2D eigenvalue weighted by atomic mass is 35.5. The first-order valence-corrected chi connectivity index (χ1v) is 11.1. The summed E-state index contributed by atoms with van der Waals surface area (Å²) in [6.45, 7) is 6.35. The van der Waals surface area contributed by atoms with E-state index in [0.717, 1.165) is 38.8 Å². The van der Waals surface area contributed by atoms with Crippen molar-refractivity contribution in [3.63, 3.8) is 0 Å². The third-order valence-electron chi connectivity index (χ3n) is 5.68. The van der Waals surface area contributed by atoms with Gasteiger partial charge in [-0.3, -0.25) is 9.69 Å². The van der Waals surface area contributed by atoms with Crippen LogP contribution in [0.3, 0.4) is 0 Å². The van der Waals surface area contributed by atoms with Crippen molar-refractivity contribution in [1.82, 2.24) is 10.2 Å². The van der Waals surface area contributed by atoms with Crippen molar-refractivity contribution in [3.05, 3.63) is 0 Å². The number of sulfone groups is 1. The Kier molecular flexibility index (Phi) is 7.55. The summed E-state index contributed by atoms with van der Waals surface area (Å²) < 4.78 is 28.5. The number of likely N-dealkylation sites (tertiary alicyclic amines) is 1. The highest BCUT2D eigenvalue weighted by molar-refractivity contribution is 7.91. The van der Waals surface area contributed by atoms with Crippen LogP contribution in [0, 0.1) is 17.8 Å². The molecule has 2 saturated heterocycles. The van der Waals surface area contributed by atoms with Gasteiger partial charge in [0.1, 0.15) is 9.84 Å². The number of ether oxygens (including phenoxy) is 1. The van der Waals surface area contributed by atoms with E-state index in [1.54, 1.807) is 0 Å². The number of halogens is 1. The van der Waals surface area contributed by atoms with Crippen LogP contribution in [0.2, 0.25) is 0 Å². The topological polar surface area (TPSA) is 75.7 Å². The molecule has 0 aromatic rings. The summed E-state index contributed by atoms with van der Waals surface area (Å²) in [7, 11) is -2.91. The molecule has 0 aromatic carbocycles. The van der Waals surface area contributed by atoms with Crippen molar-refractivity contribution in [2.75, 3.05) is 44.4 Å². The van der Waals surface area contributed by atoms with Crippen molar-refractivity contribution < 1.29 is 17.9 Å². The average molecular weight is 395 g/mol. The molecule has 3 rings (SSSR count). The summed E-state index contributed by atoms with van der Waals surface area (Å²) in [5, 5.41) is 3.25. The third kappa shape index (κ3) is 5.81. The molecule has 2 aliphatic heterocycles. The number of hydrogen-bond acceptors (Lipinski definition) is 5. The van der Waals surface area contributed by atoms with Crippen molar-refractivity contribution in [1.29, 1.82) is 0 Å². The van der Waals surface area contributed by atoms with E-state index in [1.807, 2.05) is 6.92 Å². The Balaban J connectivity index is 0.00000225. The summed E-state index contributed by atoms with van der Waals surface area (Å²) in [6.07, 6.45) is 3.50. The summed E-state index contributed by atoms with van der Waals surface area (Å²) in [5.74, 6) is 1.53. The second-order valence-corrected chi connectivity index (χ2v) is 9.80. The molecule has 1 N–H and O–H groups in total. The molecule has 2 atom stereocenters. The molecule has 1 amide bonds. The van der Waals surface area contributed by atoms with Gasteiger partial charge in [-0.1, -0.05) is 0 Å². The van der Waals surface area contributed by atoms with E-state index in [2.05, 4.69) is 10.2 Å². The molecule has 6 nitrogen and oxygen atoms in total. The van der Waals surface area contributed by atoms with E-state index < -0.39 is 9.84 Å². The molecule has 146 valence electrons. The van der Waals surface area contributed by atoms with Gasteiger partial charge >= 0.3 is 0 Å². The number of nitrogens with one attached hydrogen (secondary N) is 1. The lowest BCUT2D eigenvalue weighted by atomic mass is 9.96. The third-order valence-corrected chi connectivity index (χ3v) is 7.39. The number of carbonyl (C=O) groups is 1. The highest BCUT2D eigenvalue weighted by Crippen LogP contribution is 2.41. The molecule has 25 heavy (non-hydrogen) atoms. The van der Waals surface area contributed by atoms with Crippen LogP contribution in [0.25, 0.3) is 0 Å². The maximum Gasteiger partial charge on any atom is 0.223 e. The Hall–Kier alpha value is -0.370. The first-order valence-electron chi connectivity index (χ1n) is 9.29. The van der Waals surface area contributed by atoms with Crippen LogP contribution < -0.4 is 5.32 Å². The first-order chi connectivity index (χ1) is 11.5. The lowest BCUT2D eigenvalue weighted by Crippen LogP contribution is -2.45. The van der Waals surface area contributed by atoms with Gasteiger partial charge in [-0.15, -0.1) is 12.4 Å². The van der Waals surface area contributed by atoms with Gasteiger partial charge in [0.05, 0.1) is 18.1 Å². The molecule has 1 aliphatic carbocycles.